The van der Waals surface area contributed by atoms with Crippen LogP contribution in [0.1, 0.15) is 96.0 Å². The van der Waals surface area contributed by atoms with Crippen LogP contribution in [0.25, 0.3) is 11.4 Å². The molecule has 1 N–H and O–H groups in total. The fraction of sp³-hybridized carbons (Fsp3) is 0.682. The third-order valence-electron chi connectivity index (χ3n) is 5.14. The van der Waals surface area contributed by atoms with Crippen LogP contribution in [0, 0.1) is 0 Å². The van der Waals surface area contributed by atoms with Crippen LogP contribution in [0.5, 0.6) is 0 Å². The van der Waals surface area contributed by atoms with Crippen molar-refractivity contribution < 1.29 is 0 Å². The van der Waals surface area contributed by atoms with Crippen LogP contribution in [-0.4, -0.2) is 20.6 Å². The topological polar surface area (TPSA) is 54.5 Å². The number of H-pyrrole nitrogens is 1. The molecule has 0 amide bonds. The molecule has 0 aliphatic rings. The summed E-state index contributed by atoms with van der Waals surface area (Å²) in [7, 11) is 0. The SMILES string of the molecule is CCCCCCCCCCCCCCCc1ccc(-c2nnn[nH]2)cc1. The Morgan fingerprint density at radius 3 is 1.73 bits per heavy atom. The Morgan fingerprint density at radius 1 is 0.692 bits per heavy atom. The van der Waals surface area contributed by atoms with Crippen LogP contribution in [0.2, 0.25) is 0 Å². The summed E-state index contributed by atoms with van der Waals surface area (Å²) in [5.74, 6) is 0.734. The van der Waals surface area contributed by atoms with Crippen LogP contribution in [0.15, 0.2) is 24.3 Å². The molecule has 0 spiro atoms. The fourth-order valence-electron chi connectivity index (χ4n) is 3.46. The van der Waals surface area contributed by atoms with E-state index in [0.29, 0.717) is 0 Å². The zero-order valence-electron chi connectivity index (χ0n) is 16.6. The number of unbranched alkanes of at least 4 members (excludes halogenated alkanes) is 12. The van der Waals surface area contributed by atoms with E-state index in [1.54, 1.807) is 0 Å². The highest BCUT2D eigenvalue weighted by Crippen LogP contribution is 2.16. The molecule has 0 fully saturated rings. The lowest BCUT2D eigenvalue weighted by Crippen LogP contribution is -1.88. The first-order valence-electron chi connectivity index (χ1n) is 10.7. The van der Waals surface area contributed by atoms with Crippen LogP contribution in [0.4, 0.5) is 0 Å². The molecule has 0 radical (unpaired) electrons. The molecule has 0 unspecified atom stereocenters. The molecular formula is C22H36N4. The second kappa shape index (κ2) is 13.5. The van der Waals surface area contributed by atoms with Crippen molar-refractivity contribution in [3.05, 3.63) is 29.8 Å². The van der Waals surface area contributed by atoms with E-state index in [-0.39, 0.29) is 0 Å². The minimum absolute atomic E-state index is 0.734. The number of hydrogen-bond acceptors (Lipinski definition) is 3. The second-order valence-electron chi connectivity index (χ2n) is 7.44. The van der Waals surface area contributed by atoms with Gasteiger partial charge < -0.3 is 0 Å². The molecular weight excluding hydrogens is 320 g/mol. The van der Waals surface area contributed by atoms with Gasteiger partial charge in [0.25, 0.3) is 0 Å². The minimum Gasteiger partial charge on any atom is -0.239 e. The van der Waals surface area contributed by atoms with Gasteiger partial charge in [-0.1, -0.05) is 108 Å². The van der Waals surface area contributed by atoms with Crippen LogP contribution < -0.4 is 0 Å². The maximum absolute atomic E-state index is 3.94. The third-order valence-corrected chi connectivity index (χ3v) is 5.14. The Labute approximate surface area is 159 Å². The molecule has 0 aliphatic heterocycles. The number of aromatic nitrogens is 4. The summed E-state index contributed by atoms with van der Waals surface area (Å²) in [4.78, 5) is 0. The molecule has 0 aliphatic carbocycles. The van der Waals surface area contributed by atoms with E-state index < -0.39 is 0 Å². The molecule has 144 valence electrons. The highest BCUT2D eigenvalue weighted by atomic mass is 15.5. The van der Waals surface area contributed by atoms with E-state index in [2.05, 4.69) is 51.8 Å². The van der Waals surface area contributed by atoms with Gasteiger partial charge in [-0.3, -0.25) is 0 Å². The van der Waals surface area contributed by atoms with Gasteiger partial charge in [-0.05, 0) is 28.8 Å². The summed E-state index contributed by atoms with van der Waals surface area (Å²) in [6, 6.07) is 8.58. The summed E-state index contributed by atoms with van der Waals surface area (Å²) >= 11 is 0. The number of nitrogens with one attached hydrogen (secondary N) is 1. The molecule has 1 aromatic heterocycles. The fourth-order valence-corrected chi connectivity index (χ4v) is 3.46. The zero-order valence-corrected chi connectivity index (χ0v) is 16.6. The standard InChI is InChI=1S/C22H36N4/c1-2-3-4-5-6-7-8-9-10-11-12-13-14-15-20-16-18-21(19-17-20)22-23-25-26-24-22/h16-19H,2-15H2,1H3,(H,23,24,25,26). The van der Waals surface area contributed by atoms with Crippen molar-refractivity contribution in [2.45, 2.75) is 96.8 Å². The maximum Gasteiger partial charge on any atom is 0.179 e. The lowest BCUT2D eigenvalue weighted by Gasteiger charge is -2.04. The van der Waals surface area contributed by atoms with Crippen molar-refractivity contribution in [2.75, 3.05) is 0 Å². The quantitative estimate of drug-likeness (QED) is 0.370. The van der Waals surface area contributed by atoms with E-state index in [1.165, 1.54) is 95.5 Å². The normalized spacial score (nSPS) is 11.1. The van der Waals surface area contributed by atoms with Gasteiger partial charge in [0, 0.05) is 5.56 Å². The van der Waals surface area contributed by atoms with Crippen molar-refractivity contribution in [3.63, 3.8) is 0 Å². The Bertz CT molecular complexity index is 548. The third kappa shape index (κ3) is 8.59. The lowest BCUT2D eigenvalue weighted by molar-refractivity contribution is 0.539. The van der Waals surface area contributed by atoms with E-state index in [1.807, 2.05) is 0 Å². The van der Waals surface area contributed by atoms with Crippen LogP contribution in [-0.2, 0) is 6.42 Å². The molecule has 2 rings (SSSR count). The first-order valence-corrected chi connectivity index (χ1v) is 10.7. The summed E-state index contributed by atoms with van der Waals surface area (Å²) in [5, 5.41) is 14.0. The zero-order chi connectivity index (χ0) is 18.3. The van der Waals surface area contributed by atoms with Crippen molar-refractivity contribution in [3.8, 4) is 11.4 Å². The van der Waals surface area contributed by atoms with Crippen molar-refractivity contribution >= 4 is 0 Å². The van der Waals surface area contributed by atoms with Crippen LogP contribution in [0.3, 0.4) is 0 Å². The van der Waals surface area contributed by atoms with Gasteiger partial charge in [-0.25, -0.2) is 5.10 Å². The molecule has 4 heteroatoms. The number of rotatable bonds is 15. The molecule has 0 saturated heterocycles. The molecule has 1 aromatic carbocycles. The summed E-state index contributed by atoms with van der Waals surface area (Å²) in [6.45, 7) is 2.29. The predicted molar refractivity (Wildman–Crippen MR) is 109 cm³/mol. The molecule has 0 atom stereocenters. The van der Waals surface area contributed by atoms with Crippen molar-refractivity contribution in [2.24, 2.45) is 0 Å². The molecule has 1 heterocycles. The largest absolute Gasteiger partial charge is 0.239 e. The average Bonchev–Trinajstić information content (AvgIpc) is 3.21. The average molecular weight is 357 g/mol. The van der Waals surface area contributed by atoms with Gasteiger partial charge in [0.1, 0.15) is 0 Å². The van der Waals surface area contributed by atoms with E-state index in [4.69, 9.17) is 0 Å². The minimum atomic E-state index is 0.734. The number of benzene rings is 1. The number of nitrogens with zero attached hydrogens (tertiary/aromatic N) is 3. The predicted octanol–water partition coefficient (Wildman–Crippen LogP) is 6.50. The molecule has 0 bridgehead atoms. The monoisotopic (exact) mass is 356 g/mol. The van der Waals surface area contributed by atoms with E-state index in [9.17, 15) is 0 Å². The number of tetrazole rings is 1. The Balaban J connectivity index is 1.41. The molecule has 0 saturated carbocycles. The number of aryl methyl sites for hydroxylation is 1. The second-order valence-corrected chi connectivity index (χ2v) is 7.44. The Hall–Kier alpha value is -1.71. The first kappa shape index (κ1) is 20.6. The van der Waals surface area contributed by atoms with Gasteiger partial charge >= 0.3 is 0 Å². The Kier molecular flexibility index (Phi) is 10.7. The van der Waals surface area contributed by atoms with E-state index >= 15 is 0 Å². The van der Waals surface area contributed by atoms with E-state index in [0.717, 1.165) is 11.4 Å². The smallest absolute Gasteiger partial charge is 0.179 e. The molecule has 4 nitrogen and oxygen atoms in total. The van der Waals surface area contributed by atoms with Crippen molar-refractivity contribution in [1.29, 1.82) is 0 Å². The summed E-state index contributed by atoms with van der Waals surface area (Å²) in [5.41, 5.74) is 2.45. The van der Waals surface area contributed by atoms with Gasteiger partial charge in [-0.2, -0.15) is 0 Å². The lowest BCUT2D eigenvalue weighted by atomic mass is 10.0. The number of aromatic amines is 1. The summed E-state index contributed by atoms with van der Waals surface area (Å²) in [6.07, 6.45) is 19.5. The Morgan fingerprint density at radius 2 is 1.23 bits per heavy atom. The van der Waals surface area contributed by atoms with Gasteiger partial charge in [-0.15, -0.1) is 5.10 Å². The molecule has 26 heavy (non-hydrogen) atoms. The maximum atomic E-state index is 3.94. The first-order chi connectivity index (χ1) is 12.9. The van der Waals surface area contributed by atoms with Gasteiger partial charge in [0.15, 0.2) is 5.82 Å². The molecule has 2 aromatic rings. The number of hydrogen-bond donors (Lipinski definition) is 1. The highest BCUT2D eigenvalue weighted by Gasteiger charge is 2.01. The van der Waals surface area contributed by atoms with Crippen LogP contribution >= 0.6 is 0 Å². The van der Waals surface area contributed by atoms with Gasteiger partial charge in [0.05, 0.1) is 0 Å². The van der Waals surface area contributed by atoms with Gasteiger partial charge in [0.2, 0.25) is 0 Å². The van der Waals surface area contributed by atoms with Crippen molar-refractivity contribution in [1.82, 2.24) is 20.6 Å². The summed E-state index contributed by atoms with van der Waals surface area (Å²) < 4.78 is 0. The highest BCUT2D eigenvalue weighted by molar-refractivity contribution is 5.54.